The quantitative estimate of drug-likeness (QED) is 0.500. The predicted molar refractivity (Wildman–Crippen MR) is 127 cm³/mol. The maximum absolute atomic E-state index is 13.5. The first-order chi connectivity index (χ1) is 16.9. The average Bonchev–Trinajstić information content (AvgIpc) is 3.22. The number of halogens is 3. The van der Waals surface area contributed by atoms with Gasteiger partial charge in [-0.15, -0.1) is 5.10 Å². The summed E-state index contributed by atoms with van der Waals surface area (Å²) < 4.78 is 41.5. The number of fused-ring (bicyclic) bond motifs is 1. The third kappa shape index (κ3) is 4.38. The summed E-state index contributed by atoms with van der Waals surface area (Å²) >= 11 is 0. The molecule has 0 bridgehead atoms. The highest BCUT2D eigenvalue weighted by atomic mass is 19.4. The topological polar surface area (TPSA) is 88.9 Å². The number of aryl methyl sites for hydroxylation is 1. The lowest BCUT2D eigenvalue weighted by Crippen LogP contribution is -2.36. The molecule has 1 amide bonds. The molecule has 0 saturated heterocycles. The Morgan fingerprint density at radius 2 is 1.86 bits per heavy atom. The molecule has 0 unspecified atom stereocenters. The van der Waals surface area contributed by atoms with Crippen molar-refractivity contribution >= 4 is 23.3 Å². The molecule has 2 heterocycles. The van der Waals surface area contributed by atoms with Crippen LogP contribution in [0.4, 0.5) is 24.8 Å². The number of nitrogens with zero attached hydrogens (tertiary/aromatic N) is 3. The predicted octanol–water partition coefficient (Wildman–Crippen LogP) is 5.52. The van der Waals surface area contributed by atoms with Crippen molar-refractivity contribution in [3.63, 3.8) is 0 Å². The first-order valence-corrected chi connectivity index (χ1v) is 11.5. The highest BCUT2D eigenvalue weighted by molar-refractivity contribution is 6.04. The van der Waals surface area contributed by atoms with E-state index in [9.17, 15) is 22.8 Å². The fraction of sp³-hybridized carbons (Fsp3) is 0.308. The summed E-state index contributed by atoms with van der Waals surface area (Å²) in [6, 6.07) is 12.9. The van der Waals surface area contributed by atoms with E-state index in [1.54, 1.807) is 36.4 Å². The molecule has 1 aliphatic carbocycles. The van der Waals surface area contributed by atoms with Crippen molar-refractivity contribution in [1.82, 2.24) is 14.8 Å². The minimum Gasteiger partial charge on any atom is -0.328 e. The summed E-state index contributed by atoms with van der Waals surface area (Å²) in [5, 5.41) is 9.49. The summed E-state index contributed by atoms with van der Waals surface area (Å²) in [4.78, 5) is 29.7. The number of carbonyl (C=O) groups is 2. The molecule has 0 radical (unpaired) electrons. The molecule has 186 valence electrons. The summed E-state index contributed by atoms with van der Waals surface area (Å²) in [6.07, 6.45) is -4.02. The van der Waals surface area contributed by atoms with E-state index in [1.807, 2.05) is 32.9 Å². The highest BCUT2D eigenvalue weighted by Crippen LogP contribution is 2.46. The molecule has 0 spiro atoms. The molecule has 2 aliphatic rings. The van der Waals surface area contributed by atoms with Gasteiger partial charge in [-0.05, 0) is 48.6 Å². The van der Waals surface area contributed by atoms with E-state index in [0.717, 1.165) is 10.2 Å². The van der Waals surface area contributed by atoms with Crippen LogP contribution in [0.25, 0.3) is 0 Å². The second-order valence-corrected chi connectivity index (χ2v) is 10.0. The second kappa shape index (κ2) is 8.32. The van der Waals surface area contributed by atoms with E-state index in [0.29, 0.717) is 34.5 Å². The number of allylic oxidation sites excluding steroid dienone is 2. The van der Waals surface area contributed by atoms with E-state index in [1.165, 1.54) is 0 Å². The number of aromatic nitrogens is 3. The largest absolute Gasteiger partial charge is 0.453 e. The van der Waals surface area contributed by atoms with Gasteiger partial charge in [0.05, 0.1) is 0 Å². The molecule has 1 atom stereocenters. The number of nitrogens with one attached hydrogen (secondary N) is 2. The SMILES string of the molecule is Cc1ccc(C(=O)Nc2cccc([C@H]3C4=C(CC(C)(C)CC4=O)Nc4nc(C(F)(F)F)nn43)c2)cc1. The first kappa shape index (κ1) is 23.8. The molecule has 7 nitrogen and oxygen atoms in total. The Hall–Kier alpha value is -3.95. The number of rotatable bonds is 3. The molecular formula is C26H24F3N5O2. The van der Waals surface area contributed by atoms with Crippen LogP contribution in [0.5, 0.6) is 0 Å². The highest BCUT2D eigenvalue weighted by Gasteiger charge is 2.44. The monoisotopic (exact) mass is 495 g/mol. The Balaban J connectivity index is 1.57. The van der Waals surface area contributed by atoms with Crippen molar-refractivity contribution in [1.29, 1.82) is 0 Å². The Morgan fingerprint density at radius 1 is 1.14 bits per heavy atom. The number of hydrogen-bond donors (Lipinski definition) is 2. The van der Waals surface area contributed by atoms with Gasteiger partial charge in [-0.2, -0.15) is 18.2 Å². The zero-order valence-electron chi connectivity index (χ0n) is 19.9. The van der Waals surface area contributed by atoms with Crippen LogP contribution < -0.4 is 10.6 Å². The molecule has 2 aromatic carbocycles. The summed E-state index contributed by atoms with van der Waals surface area (Å²) in [5.74, 6) is -1.85. The van der Waals surface area contributed by atoms with Crippen molar-refractivity contribution in [3.05, 3.63) is 82.3 Å². The molecule has 5 rings (SSSR count). The second-order valence-electron chi connectivity index (χ2n) is 10.0. The van der Waals surface area contributed by atoms with E-state index in [2.05, 4.69) is 20.7 Å². The van der Waals surface area contributed by atoms with Gasteiger partial charge in [0.25, 0.3) is 11.7 Å². The molecule has 0 saturated carbocycles. The van der Waals surface area contributed by atoms with Crippen LogP contribution in [0.15, 0.2) is 59.8 Å². The third-order valence-electron chi connectivity index (χ3n) is 6.36. The van der Waals surface area contributed by atoms with Gasteiger partial charge in [-0.25, -0.2) is 4.68 Å². The third-order valence-corrected chi connectivity index (χ3v) is 6.36. The van der Waals surface area contributed by atoms with E-state index in [-0.39, 0.29) is 29.5 Å². The van der Waals surface area contributed by atoms with E-state index in [4.69, 9.17) is 0 Å². The fourth-order valence-electron chi connectivity index (χ4n) is 4.73. The fourth-order valence-corrected chi connectivity index (χ4v) is 4.73. The molecule has 2 N–H and O–H groups in total. The number of Topliss-reactive ketones (excluding diaryl/α,β-unsaturated/α-hetero) is 1. The van der Waals surface area contributed by atoms with Crippen LogP contribution in [0, 0.1) is 12.3 Å². The van der Waals surface area contributed by atoms with Crippen LogP contribution in [0.3, 0.4) is 0 Å². The van der Waals surface area contributed by atoms with Gasteiger partial charge >= 0.3 is 6.18 Å². The smallest absolute Gasteiger partial charge is 0.328 e. The maximum Gasteiger partial charge on any atom is 0.453 e. The lowest BCUT2D eigenvalue weighted by Gasteiger charge is -2.38. The molecule has 0 fully saturated rings. The number of benzene rings is 2. The van der Waals surface area contributed by atoms with Gasteiger partial charge in [0, 0.05) is 28.9 Å². The van der Waals surface area contributed by atoms with E-state index >= 15 is 0 Å². The van der Waals surface area contributed by atoms with Crippen LogP contribution in [-0.2, 0) is 11.0 Å². The van der Waals surface area contributed by atoms with Crippen molar-refractivity contribution in [2.45, 2.75) is 45.8 Å². The first-order valence-electron chi connectivity index (χ1n) is 11.5. The van der Waals surface area contributed by atoms with Gasteiger partial charge in [0.2, 0.25) is 5.95 Å². The van der Waals surface area contributed by atoms with Gasteiger partial charge in [-0.1, -0.05) is 43.7 Å². The number of ketones is 1. The Bertz CT molecular complexity index is 1400. The van der Waals surface area contributed by atoms with Gasteiger partial charge in [-0.3, -0.25) is 9.59 Å². The van der Waals surface area contributed by atoms with Crippen LogP contribution in [-0.4, -0.2) is 26.5 Å². The van der Waals surface area contributed by atoms with Gasteiger partial charge in [0.1, 0.15) is 6.04 Å². The summed E-state index contributed by atoms with van der Waals surface area (Å²) in [6.45, 7) is 5.80. The molecule has 3 aromatic rings. The molecule has 1 aromatic heterocycles. The van der Waals surface area contributed by atoms with Crippen LogP contribution in [0.2, 0.25) is 0 Å². The normalized spacial score (nSPS) is 18.8. The zero-order valence-corrected chi connectivity index (χ0v) is 19.9. The number of anilines is 2. The maximum atomic E-state index is 13.5. The average molecular weight is 496 g/mol. The Kier molecular flexibility index (Phi) is 5.50. The lowest BCUT2D eigenvalue weighted by atomic mass is 9.73. The van der Waals surface area contributed by atoms with Gasteiger partial charge in [0.15, 0.2) is 5.78 Å². The van der Waals surface area contributed by atoms with Crippen molar-refractivity contribution < 1.29 is 22.8 Å². The number of alkyl halides is 3. The lowest BCUT2D eigenvalue weighted by molar-refractivity contribution is -0.145. The van der Waals surface area contributed by atoms with Crippen LogP contribution in [0.1, 0.15) is 60.0 Å². The molecular weight excluding hydrogens is 471 g/mol. The Labute approximate surface area is 205 Å². The molecule has 1 aliphatic heterocycles. The van der Waals surface area contributed by atoms with Crippen molar-refractivity contribution in [2.75, 3.05) is 10.6 Å². The summed E-state index contributed by atoms with van der Waals surface area (Å²) in [7, 11) is 0. The standard InChI is InChI=1S/C26H24F3N5O2/c1-14-7-9-15(10-8-14)22(36)30-17-6-4-5-16(11-17)21-20-18(12-25(2,3)13-19(20)35)31-24-32-23(26(27,28)29)33-34(21)24/h4-11,21H,12-13H2,1-3H3,(H,30,36)(H,31,32,33)/t21-/m0/s1. The van der Waals surface area contributed by atoms with Crippen molar-refractivity contribution in [2.24, 2.45) is 5.41 Å². The molecule has 36 heavy (non-hydrogen) atoms. The minimum atomic E-state index is -4.75. The van der Waals surface area contributed by atoms with Crippen LogP contribution >= 0.6 is 0 Å². The zero-order chi connectivity index (χ0) is 25.8. The minimum absolute atomic E-state index is 0.0781. The Morgan fingerprint density at radius 3 is 2.56 bits per heavy atom. The number of hydrogen-bond acceptors (Lipinski definition) is 5. The van der Waals surface area contributed by atoms with Crippen molar-refractivity contribution in [3.8, 4) is 0 Å². The molecule has 10 heteroatoms. The summed E-state index contributed by atoms with van der Waals surface area (Å²) in [5.41, 5.74) is 3.00. The number of amides is 1. The van der Waals surface area contributed by atoms with Gasteiger partial charge < -0.3 is 10.6 Å². The number of carbonyl (C=O) groups excluding carboxylic acids is 2. The van der Waals surface area contributed by atoms with E-state index < -0.39 is 18.0 Å².